The number of nitrogens with zero attached hydrogens (tertiary/aromatic N) is 2. The summed E-state index contributed by atoms with van der Waals surface area (Å²) in [5.74, 6) is -1.88. The average molecular weight is 521 g/mol. The van der Waals surface area contributed by atoms with Crippen LogP contribution in [0, 0.1) is 11.7 Å². The lowest BCUT2D eigenvalue weighted by atomic mass is 10.0. The lowest BCUT2D eigenvalue weighted by molar-refractivity contribution is -0.126. The van der Waals surface area contributed by atoms with Crippen molar-refractivity contribution in [2.75, 3.05) is 20.2 Å². The van der Waals surface area contributed by atoms with E-state index in [-0.39, 0.29) is 11.5 Å². The third-order valence-electron chi connectivity index (χ3n) is 6.31. The molecule has 1 saturated heterocycles. The molecule has 2 amide bonds. The number of halogens is 1. The molecule has 198 valence electrons. The minimum absolute atomic E-state index is 0.0000896. The molecule has 10 heteroatoms. The van der Waals surface area contributed by atoms with Crippen molar-refractivity contribution in [2.45, 2.75) is 19.1 Å². The van der Waals surface area contributed by atoms with Crippen molar-refractivity contribution in [3.05, 3.63) is 89.2 Å². The molecule has 2 atom stereocenters. The van der Waals surface area contributed by atoms with Crippen molar-refractivity contribution in [1.29, 1.82) is 0 Å². The number of methoxy groups -OCH3 is 1. The predicted octanol–water partition coefficient (Wildman–Crippen LogP) is 3.06. The van der Waals surface area contributed by atoms with Crippen molar-refractivity contribution < 1.29 is 28.6 Å². The lowest BCUT2D eigenvalue weighted by Gasteiger charge is -2.23. The third-order valence-corrected chi connectivity index (χ3v) is 6.31. The summed E-state index contributed by atoms with van der Waals surface area (Å²) in [6.07, 6.45) is 1.35. The summed E-state index contributed by atoms with van der Waals surface area (Å²) in [6.45, 7) is 2.33. The van der Waals surface area contributed by atoms with Gasteiger partial charge in [0.15, 0.2) is 17.7 Å². The molecule has 38 heavy (non-hydrogen) atoms. The maximum atomic E-state index is 13.5. The van der Waals surface area contributed by atoms with Crippen LogP contribution in [-0.4, -0.2) is 54.3 Å². The highest BCUT2D eigenvalue weighted by atomic mass is 19.1. The van der Waals surface area contributed by atoms with Gasteiger partial charge in [0, 0.05) is 36.2 Å². The van der Waals surface area contributed by atoms with Crippen LogP contribution in [0.4, 0.5) is 4.39 Å². The van der Waals surface area contributed by atoms with Crippen LogP contribution in [0.25, 0.3) is 0 Å². The van der Waals surface area contributed by atoms with Crippen LogP contribution in [0.1, 0.15) is 27.9 Å². The molecule has 1 heterocycles. The smallest absolute Gasteiger partial charge is 0.271 e. The molecule has 0 radical (unpaired) electrons. The largest absolute Gasteiger partial charge is 0.505 e. The van der Waals surface area contributed by atoms with Gasteiger partial charge in [-0.3, -0.25) is 14.5 Å². The topological polar surface area (TPSA) is 126 Å². The number of benzene rings is 3. The average Bonchev–Trinajstić information content (AvgIpc) is 3.37. The van der Waals surface area contributed by atoms with Gasteiger partial charge in [-0.1, -0.05) is 30.3 Å². The monoisotopic (exact) mass is 520 g/mol. The summed E-state index contributed by atoms with van der Waals surface area (Å²) < 4.78 is 24.9. The number of hydrazone groups is 1. The Hall–Kier alpha value is -4.44. The second-order valence-electron chi connectivity index (χ2n) is 8.98. The van der Waals surface area contributed by atoms with Crippen molar-refractivity contribution in [2.24, 2.45) is 16.8 Å². The minimum atomic E-state index is -0.908. The first-order valence-electron chi connectivity index (χ1n) is 12.1. The van der Waals surface area contributed by atoms with E-state index in [0.29, 0.717) is 23.6 Å². The fourth-order valence-corrected chi connectivity index (χ4v) is 4.37. The number of phenolic OH excluding ortho intramolecular Hbond substituents is 1. The molecule has 1 fully saturated rings. The molecular formula is C28H29FN4O5. The summed E-state index contributed by atoms with van der Waals surface area (Å²) in [5, 5.41) is 13.1. The summed E-state index contributed by atoms with van der Waals surface area (Å²) in [7, 11) is 1.47. The fourth-order valence-electron chi connectivity index (χ4n) is 4.37. The van der Waals surface area contributed by atoms with E-state index in [1.807, 2.05) is 18.2 Å². The number of hydrogen-bond donors (Lipinski definition) is 3. The zero-order chi connectivity index (χ0) is 27.1. The number of nitrogens with one attached hydrogen (secondary N) is 1. The maximum absolute atomic E-state index is 13.5. The van der Waals surface area contributed by atoms with E-state index in [1.54, 1.807) is 18.2 Å². The van der Waals surface area contributed by atoms with E-state index >= 15 is 0 Å². The molecule has 1 unspecified atom stereocenters. The number of carbonyl (C=O) groups is 2. The Bertz CT molecular complexity index is 1320. The molecule has 1 aliphatic rings. The molecule has 1 aliphatic heterocycles. The molecule has 3 aromatic rings. The van der Waals surface area contributed by atoms with E-state index in [9.17, 15) is 19.1 Å². The number of ether oxygens (including phenoxy) is 2. The van der Waals surface area contributed by atoms with E-state index in [1.165, 1.54) is 25.0 Å². The molecule has 0 aliphatic carbocycles. The molecule has 0 saturated carbocycles. The van der Waals surface area contributed by atoms with Crippen LogP contribution in [-0.2, 0) is 11.3 Å². The standard InChI is InChI=1S/C28H29FN4O5/c1-37-25-14-22(9-7-20(25)15-31-32-28(36)19-8-10-24(34)23(29)13-19)38-26(27(30)35)21-11-12-33(17-21)16-18-5-3-2-4-6-18/h2-10,13-15,21,26,34H,11-12,16-17H2,1H3,(H2,30,35)(H,32,36)/b31-15+/t21?,26-/m0/s1. The second kappa shape index (κ2) is 12.2. The van der Waals surface area contributed by atoms with Crippen LogP contribution in [0.15, 0.2) is 71.8 Å². The molecule has 4 N–H and O–H groups in total. The molecular weight excluding hydrogens is 491 g/mol. The number of hydrogen-bond acceptors (Lipinski definition) is 7. The van der Waals surface area contributed by atoms with Crippen molar-refractivity contribution in [1.82, 2.24) is 10.3 Å². The number of amides is 2. The number of phenols is 1. The highest BCUT2D eigenvalue weighted by molar-refractivity contribution is 5.95. The second-order valence-corrected chi connectivity index (χ2v) is 8.98. The van der Waals surface area contributed by atoms with Gasteiger partial charge in [-0.15, -0.1) is 0 Å². The highest BCUT2D eigenvalue weighted by Crippen LogP contribution is 2.28. The van der Waals surface area contributed by atoms with Crippen LogP contribution >= 0.6 is 0 Å². The Balaban J connectivity index is 1.38. The van der Waals surface area contributed by atoms with Crippen LogP contribution in [0.3, 0.4) is 0 Å². The first-order valence-corrected chi connectivity index (χ1v) is 12.1. The molecule has 0 bridgehead atoms. The number of likely N-dealkylation sites (tertiary alicyclic amines) is 1. The number of nitrogens with two attached hydrogens (primary N) is 1. The van der Waals surface area contributed by atoms with Gasteiger partial charge in [0.25, 0.3) is 11.8 Å². The SMILES string of the molecule is COc1cc(O[C@H](C(N)=O)C2CCN(Cc3ccccc3)C2)ccc1/C=N/NC(=O)c1ccc(O)c(F)c1. The molecule has 9 nitrogen and oxygen atoms in total. The van der Waals surface area contributed by atoms with Gasteiger partial charge in [0.2, 0.25) is 0 Å². The summed E-state index contributed by atoms with van der Waals surface area (Å²) in [5.41, 5.74) is 9.74. The predicted molar refractivity (Wildman–Crippen MR) is 140 cm³/mol. The third kappa shape index (κ3) is 6.65. The van der Waals surface area contributed by atoms with E-state index in [4.69, 9.17) is 15.2 Å². The van der Waals surface area contributed by atoms with Crippen molar-refractivity contribution >= 4 is 18.0 Å². The molecule has 3 aromatic carbocycles. The maximum Gasteiger partial charge on any atom is 0.271 e. The number of rotatable bonds is 10. The molecule has 0 spiro atoms. The Kier molecular flexibility index (Phi) is 8.55. The molecule has 4 rings (SSSR count). The van der Waals surface area contributed by atoms with E-state index in [0.717, 1.165) is 31.6 Å². The first kappa shape index (κ1) is 26.6. The van der Waals surface area contributed by atoms with Crippen molar-refractivity contribution in [3.63, 3.8) is 0 Å². The van der Waals surface area contributed by atoms with Gasteiger partial charge < -0.3 is 20.3 Å². The summed E-state index contributed by atoms with van der Waals surface area (Å²) in [6, 6.07) is 18.4. The first-order chi connectivity index (χ1) is 18.3. The van der Waals surface area contributed by atoms with Crippen molar-refractivity contribution in [3.8, 4) is 17.2 Å². The van der Waals surface area contributed by atoms with Gasteiger partial charge in [0.05, 0.1) is 13.3 Å². The Morgan fingerprint density at radius 1 is 1.21 bits per heavy atom. The lowest BCUT2D eigenvalue weighted by Crippen LogP contribution is -2.41. The number of carbonyl (C=O) groups excluding carboxylic acids is 2. The quantitative estimate of drug-likeness (QED) is 0.279. The van der Waals surface area contributed by atoms with Crippen LogP contribution in [0.5, 0.6) is 17.2 Å². The highest BCUT2D eigenvalue weighted by Gasteiger charge is 2.34. The van der Waals surface area contributed by atoms with E-state index < -0.39 is 29.5 Å². The summed E-state index contributed by atoms with van der Waals surface area (Å²) >= 11 is 0. The van der Waals surface area contributed by atoms with Gasteiger partial charge in [0.1, 0.15) is 11.5 Å². The van der Waals surface area contributed by atoms with E-state index in [2.05, 4.69) is 27.6 Å². The van der Waals surface area contributed by atoms with Gasteiger partial charge in [-0.05, 0) is 48.9 Å². The Morgan fingerprint density at radius 2 is 2.00 bits per heavy atom. The zero-order valence-corrected chi connectivity index (χ0v) is 20.8. The number of primary amides is 1. The summed E-state index contributed by atoms with van der Waals surface area (Å²) in [4.78, 5) is 26.7. The van der Waals surface area contributed by atoms with Gasteiger partial charge >= 0.3 is 0 Å². The fraction of sp³-hybridized carbons (Fsp3) is 0.250. The Labute approximate surface area is 219 Å². The van der Waals surface area contributed by atoms with Gasteiger partial charge in [-0.2, -0.15) is 5.10 Å². The van der Waals surface area contributed by atoms with Gasteiger partial charge in [-0.25, -0.2) is 9.82 Å². The minimum Gasteiger partial charge on any atom is -0.505 e. The molecule has 0 aromatic heterocycles. The van der Waals surface area contributed by atoms with Crippen LogP contribution in [0.2, 0.25) is 0 Å². The Morgan fingerprint density at radius 3 is 2.71 bits per heavy atom. The number of aromatic hydroxyl groups is 1. The normalized spacial score (nSPS) is 16.3. The van der Waals surface area contributed by atoms with Crippen LogP contribution < -0.4 is 20.6 Å². The zero-order valence-electron chi connectivity index (χ0n) is 20.8.